The second-order valence-electron chi connectivity index (χ2n) is 4.78. The molecule has 0 spiro atoms. The lowest BCUT2D eigenvalue weighted by Gasteiger charge is -2.11. The average molecular weight is 259 g/mol. The normalized spacial score (nSPS) is 20.7. The molecule has 0 radical (unpaired) electrons. The average Bonchev–Trinajstić information content (AvgIpc) is 2.93. The van der Waals surface area contributed by atoms with Crippen LogP contribution in [-0.4, -0.2) is 30.3 Å². The predicted octanol–water partition coefficient (Wildman–Crippen LogP) is -0.201. The molecule has 0 aliphatic carbocycles. The van der Waals surface area contributed by atoms with Gasteiger partial charge in [0.2, 0.25) is 11.8 Å². The fourth-order valence-electron chi connectivity index (χ4n) is 2.35. The SMILES string of the molecule is O=C1CC(NC(=O)c2ccc3c(c2)CC(=O)N3)CN1. The Morgan fingerprint density at radius 1 is 1.26 bits per heavy atom. The molecule has 0 aromatic heterocycles. The first-order valence-electron chi connectivity index (χ1n) is 6.12. The van der Waals surface area contributed by atoms with Crippen LogP contribution in [0.3, 0.4) is 0 Å². The van der Waals surface area contributed by atoms with E-state index in [1.807, 2.05) is 0 Å². The van der Waals surface area contributed by atoms with Crippen LogP contribution in [0.2, 0.25) is 0 Å². The smallest absolute Gasteiger partial charge is 0.251 e. The highest BCUT2D eigenvalue weighted by Gasteiger charge is 2.24. The van der Waals surface area contributed by atoms with Gasteiger partial charge in [-0.25, -0.2) is 0 Å². The van der Waals surface area contributed by atoms with E-state index in [0.29, 0.717) is 24.9 Å². The number of hydrogen-bond acceptors (Lipinski definition) is 3. The minimum absolute atomic E-state index is 0.0472. The zero-order chi connectivity index (χ0) is 13.4. The quantitative estimate of drug-likeness (QED) is 0.687. The largest absolute Gasteiger partial charge is 0.354 e. The standard InChI is InChI=1S/C13H13N3O3/c17-11-5-9(6-14-11)15-13(19)7-1-2-10-8(3-7)4-12(18)16-10/h1-3,9H,4-6H2,(H,14,17)(H,15,19)(H,16,18). The van der Waals surface area contributed by atoms with Crippen molar-refractivity contribution in [3.05, 3.63) is 29.3 Å². The number of benzene rings is 1. The Hall–Kier alpha value is -2.37. The molecule has 6 heteroatoms. The van der Waals surface area contributed by atoms with Gasteiger partial charge in [-0.05, 0) is 23.8 Å². The van der Waals surface area contributed by atoms with Crippen molar-refractivity contribution < 1.29 is 14.4 Å². The third kappa shape index (κ3) is 2.29. The summed E-state index contributed by atoms with van der Waals surface area (Å²) < 4.78 is 0. The molecule has 2 aliphatic heterocycles. The second-order valence-corrected chi connectivity index (χ2v) is 4.78. The summed E-state index contributed by atoms with van der Waals surface area (Å²) in [5.74, 6) is -0.323. The van der Waals surface area contributed by atoms with E-state index in [0.717, 1.165) is 11.3 Å². The van der Waals surface area contributed by atoms with Gasteiger partial charge < -0.3 is 16.0 Å². The van der Waals surface area contributed by atoms with Crippen LogP contribution >= 0.6 is 0 Å². The lowest BCUT2D eigenvalue weighted by atomic mass is 10.1. The molecule has 1 aromatic rings. The zero-order valence-electron chi connectivity index (χ0n) is 10.2. The number of carbonyl (C=O) groups is 3. The van der Waals surface area contributed by atoms with Crippen molar-refractivity contribution in [2.24, 2.45) is 0 Å². The first-order chi connectivity index (χ1) is 9.11. The van der Waals surface area contributed by atoms with E-state index in [-0.39, 0.29) is 23.8 Å². The van der Waals surface area contributed by atoms with Crippen molar-refractivity contribution in [2.45, 2.75) is 18.9 Å². The van der Waals surface area contributed by atoms with Crippen molar-refractivity contribution in [3.63, 3.8) is 0 Å². The Bertz CT molecular complexity index is 582. The first-order valence-corrected chi connectivity index (χ1v) is 6.12. The van der Waals surface area contributed by atoms with Crippen LogP contribution in [0.15, 0.2) is 18.2 Å². The van der Waals surface area contributed by atoms with Crippen molar-refractivity contribution >= 4 is 23.4 Å². The van der Waals surface area contributed by atoms with Gasteiger partial charge in [0.05, 0.1) is 12.5 Å². The number of hydrogen-bond donors (Lipinski definition) is 3. The summed E-state index contributed by atoms with van der Waals surface area (Å²) in [5.41, 5.74) is 2.10. The number of fused-ring (bicyclic) bond motifs is 1. The maximum absolute atomic E-state index is 12.0. The molecule has 1 saturated heterocycles. The number of rotatable bonds is 2. The van der Waals surface area contributed by atoms with Gasteiger partial charge in [0.1, 0.15) is 0 Å². The van der Waals surface area contributed by atoms with Crippen LogP contribution in [0.1, 0.15) is 22.3 Å². The minimum atomic E-state index is -0.219. The fourth-order valence-corrected chi connectivity index (χ4v) is 2.35. The van der Waals surface area contributed by atoms with E-state index < -0.39 is 0 Å². The van der Waals surface area contributed by atoms with Crippen molar-refractivity contribution in [1.82, 2.24) is 10.6 Å². The number of nitrogens with one attached hydrogen (secondary N) is 3. The zero-order valence-corrected chi connectivity index (χ0v) is 10.2. The summed E-state index contributed by atoms with van der Waals surface area (Å²) in [6.07, 6.45) is 0.622. The Kier molecular flexibility index (Phi) is 2.70. The minimum Gasteiger partial charge on any atom is -0.354 e. The lowest BCUT2D eigenvalue weighted by Crippen LogP contribution is -2.36. The van der Waals surface area contributed by atoms with E-state index in [9.17, 15) is 14.4 Å². The van der Waals surface area contributed by atoms with E-state index in [4.69, 9.17) is 0 Å². The topological polar surface area (TPSA) is 87.3 Å². The fraction of sp³-hybridized carbons (Fsp3) is 0.308. The third-order valence-corrected chi connectivity index (χ3v) is 3.31. The van der Waals surface area contributed by atoms with Crippen LogP contribution in [-0.2, 0) is 16.0 Å². The van der Waals surface area contributed by atoms with Gasteiger partial charge in [-0.2, -0.15) is 0 Å². The van der Waals surface area contributed by atoms with E-state index in [1.165, 1.54) is 0 Å². The Balaban J connectivity index is 1.72. The molecule has 98 valence electrons. The van der Waals surface area contributed by atoms with Crippen LogP contribution in [0, 0.1) is 0 Å². The Morgan fingerprint density at radius 3 is 2.84 bits per heavy atom. The van der Waals surface area contributed by atoms with Gasteiger partial charge in [-0.3, -0.25) is 14.4 Å². The number of anilines is 1. The summed E-state index contributed by atoms with van der Waals surface area (Å²) in [7, 11) is 0. The number of amides is 3. The molecule has 3 N–H and O–H groups in total. The highest BCUT2D eigenvalue weighted by atomic mass is 16.2. The Morgan fingerprint density at radius 2 is 2.11 bits per heavy atom. The molecule has 0 saturated carbocycles. The highest BCUT2D eigenvalue weighted by Crippen LogP contribution is 2.23. The predicted molar refractivity (Wildman–Crippen MR) is 67.7 cm³/mol. The van der Waals surface area contributed by atoms with Gasteiger partial charge in [-0.15, -0.1) is 0 Å². The van der Waals surface area contributed by atoms with Crippen LogP contribution in [0.5, 0.6) is 0 Å². The van der Waals surface area contributed by atoms with E-state index in [2.05, 4.69) is 16.0 Å². The molecule has 1 fully saturated rings. The van der Waals surface area contributed by atoms with E-state index in [1.54, 1.807) is 18.2 Å². The molecule has 2 heterocycles. The van der Waals surface area contributed by atoms with Gasteiger partial charge in [0, 0.05) is 24.2 Å². The molecule has 19 heavy (non-hydrogen) atoms. The second kappa shape index (κ2) is 4.38. The monoisotopic (exact) mass is 259 g/mol. The molecule has 1 unspecified atom stereocenters. The summed E-state index contributed by atoms with van der Waals surface area (Å²) in [6, 6.07) is 4.96. The maximum Gasteiger partial charge on any atom is 0.251 e. The Labute approximate surface area is 109 Å². The first kappa shape index (κ1) is 11.7. The van der Waals surface area contributed by atoms with Gasteiger partial charge in [-0.1, -0.05) is 0 Å². The maximum atomic E-state index is 12.0. The molecular formula is C13H13N3O3. The van der Waals surface area contributed by atoms with Gasteiger partial charge in [0.15, 0.2) is 0 Å². The third-order valence-electron chi connectivity index (χ3n) is 3.31. The van der Waals surface area contributed by atoms with Crippen LogP contribution in [0.25, 0.3) is 0 Å². The molecule has 1 aromatic carbocycles. The molecule has 2 aliphatic rings. The summed E-state index contributed by atoms with van der Waals surface area (Å²) in [4.78, 5) is 34.3. The molecular weight excluding hydrogens is 246 g/mol. The summed E-state index contributed by atoms with van der Waals surface area (Å²) >= 11 is 0. The molecule has 1 atom stereocenters. The van der Waals surface area contributed by atoms with Crippen LogP contribution < -0.4 is 16.0 Å². The van der Waals surface area contributed by atoms with Crippen molar-refractivity contribution in [1.29, 1.82) is 0 Å². The molecule has 3 rings (SSSR count). The van der Waals surface area contributed by atoms with Crippen LogP contribution in [0.4, 0.5) is 5.69 Å². The lowest BCUT2D eigenvalue weighted by molar-refractivity contribution is -0.119. The molecule has 0 bridgehead atoms. The van der Waals surface area contributed by atoms with Gasteiger partial charge in [0.25, 0.3) is 5.91 Å². The van der Waals surface area contributed by atoms with Crippen molar-refractivity contribution in [3.8, 4) is 0 Å². The van der Waals surface area contributed by atoms with Gasteiger partial charge >= 0.3 is 0 Å². The summed E-state index contributed by atoms with van der Waals surface area (Å²) in [5, 5.41) is 8.18. The highest BCUT2D eigenvalue weighted by molar-refractivity contribution is 6.01. The molecule has 6 nitrogen and oxygen atoms in total. The summed E-state index contributed by atoms with van der Waals surface area (Å²) in [6.45, 7) is 0.468. The number of carbonyl (C=O) groups excluding carboxylic acids is 3. The van der Waals surface area contributed by atoms with Crippen molar-refractivity contribution in [2.75, 3.05) is 11.9 Å². The molecule has 3 amide bonds. The van der Waals surface area contributed by atoms with E-state index >= 15 is 0 Å².